The molecule has 1 aliphatic rings. The zero-order valence-electron chi connectivity index (χ0n) is 4.58. The minimum absolute atomic E-state index is 0.0289. The van der Waals surface area contributed by atoms with Crippen LogP contribution in [0.3, 0.4) is 0 Å². The molecule has 0 aromatic carbocycles. The van der Waals surface area contributed by atoms with Crippen molar-refractivity contribution in [1.29, 1.82) is 0 Å². The van der Waals surface area contributed by atoms with Crippen molar-refractivity contribution in [2.24, 2.45) is 5.92 Å². The van der Waals surface area contributed by atoms with Gasteiger partial charge in [0, 0.05) is 5.92 Å². The third kappa shape index (κ3) is 1.18. The van der Waals surface area contributed by atoms with Gasteiger partial charge in [0.15, 0.2) is 0 Å². The monoisotopic (exact) mass is 118 g/mol. The number of ether oxygens (including phenoxy) is 1. The summed E-state index contributed by atoms with van der Waals surface area (Å²) in [6.45, 7) is 0.758. The third-order valence-corrected chi connectivity index (χ3v) is 1.35. The van der Waals surface area contributed by atoms with Crippen molar-refractivity contribution in [2.45, 2.75) is 6.10 Å². The molecule has 0 radical (unpaired) electrons. The summed E-state index contributed by atoms with van der Waals surface area (Å²) in [5, 5.41) is 17.0. The third-order valence-electron chi connectivity index (χ3n) is 1.35. The normalized spacial score (nSPS) is 26.6. The maximum absolute atomic E-state index is 8.50. The maximum Gasteiger partial charge on any atom is 0.0881 e. The highest BCUT2D eigenvalue weighted by atomic mass is 16.6. The molecule has 0 saturated carbocycles. The van der Waals surface area contributed by atoms with E-state index < -0.39 is 0 Å². The van der Waals surface area contributed by atoms with Crippen molar-refractivity contribution in [1.82, 2.24) is 0 Å². The lowest BCUT2D eigenvalue weighted by Crippen LogP contribution is -2.17. The largest absolute Gasteiger partial charge is 0.396 e. The Kier molecular flexibility index (Phi) is 1.83. The average Bonchev–Trinajstić information content (AvgIpc) is 2.53. The quantitative estimate of drug-likeness (QED) is 0.467. The van der Waals surface area contributed by atoms with E-state index in [1.165, 1.54) is 0 Å². The Bertz CT molecular complexity index is 66.1. The van der Waals surface area contributed by atoms with Crippen molar-refractivity contribution in [3.63, 3.8) is 0 Å². The van der Waals surface area contributed by atoms with Crippen molar-refractivity contribution < 1.29 is 14.9 Å². The van der Waals surface area contributed by atoms with Crippen molar-refractivity contribution in [3.8, 4) is 0 Å². The van der Waals surface area contributed by atoms with E-state index in [1.807, 2.05) is 0 Å². The van der Waals surface area contributed by atoms with Crippen LogP contribution in [0.5, 0.6) is 0 Å². The number of aliphatic hydroxyl groups is 2. The standard InChI is InChI=1S/C5H10O3/c6-1-4(2-7)5-3-8-5/h4-7H,1-3H2. The number of hydrogen-bond donors (Lipinski definition) is 2. The summed E-state index contributed by atoms with van der Waals surface area (Å²) < 4.78 is 4.83. The molecule has 8 heavy (non-hydrogen) atoms. The molecule has 3 heteroatoms. The molecule has 1 fully saturated rings. The van der Waals surface area contributed by atoms with Gasteiger partial charge in [-0.15, -0.1) is 0 Å². The van der Waals surface area contributed by atoms with Crippen LogP contribution in [0.1, 0.15) is 0 Å². The smallest absolute Gasteiger partial charge is 0.0881 e. The maximum atomic E-state index is 8.50. The zero-order valence-corrected chi connectivity index (χ0v) is 4.58. The molecule has 48 valence electrons. The van der Waals surface area contributed by atoms with Gasteiger partial charge >= 0.3 is 0 Å². The molecule has 1 atom stereocenters. The second kappa shape index (κ2) is 2.44. The summed E-state index contributed by atoms with van der Waals surface area (Å²) in [6, 6.07) is 0. The number of rotatable bonds is 3. The molecule has 0 amide bonds. The molecule has 3 nitrogen and oxygen atoms in total. The van der Waals surface area contributed by atoms with Crippen molar-refractivity contribution >= 4 is 0 Å². The summed E-state index contributed by atoms with van der Waals surface area (Å²) >= 11 is 0. The second-order valence-electron chi connectivity index (χ2n) is 2.00. The van der Waals surface area contributed by atoms with Gasteiger partial charge in [-0.05, 0) is 0 Å². The van der Waals surface area contributed by atoms with Crippen LogP contribution in [-0.4, -0.2) is 36.1 Å². The molecular weight excluding hydrogens is 108 g/mol. The van der Waals surface area contributed by atoms with Gasteiger partial charge in [0.2, 0.25) is 0 Å². The van der Waals surface area contributed by atoms with Crippen LogP contribution in [0, 0.1) is 5.92 Å². The molecule has 0 aromatic rings. The van der Waals surface area contributed by atoms with E-state index >= 15 is 0 Å². The van der Waals surface area contributed by atoms with E-state index in [-0.39, 0.29) is 25.2 Å². The Balaban J connectivity index is 2.15. The Hall–Kier alpha value is -0.120. The van der Waals surface area contributed by atoms with Gasteiger partial charge in [-0.25, -0.2) is 0 Å². The van der Waals surface area contributed by atoms with Gasteiger partial charge < -0.3 is 14.9 Å². The van der Waals surface area contributed by atoms with Gasteiger partial charge in [-0.1, -0.05) is 0 Å². The lowest BCUT2D eigenvalue weighted by Gasteiger charge is -2.03. The summed E-state index contributed by atoms with van der Waals surface area (Å²) in [5.74, 6) is -0.0463. The van der Waals surface area contributed by atoms with Crippen LogP contribution in [0.4, 0.5) is 0 Å². The first-order valence-electron chi connectivity index (χ1n) is 2.71. The fraction of sp³-hybridized carbons (Fsp3) is 1.00. The second-order valence-corrected chi connectivity index (χ2v) is 2.00. The Morgan fingerprint density at radius 3 is 2.12 bits per heavy atom. The van der Waals surface area contributed by atoms with E-state index in [0.717, 1.165) is 0 Å². The first-order valence-corrected chi connectivity index (χ1v) is 2.71. The predicted molar refractivity (Wildman–Crippen MR) is 27.4 cm³/mol. The van der Waals surface area contributed by atoms with Crippen LogP contribution in [0.25, 0.3) is 0 Å². The number of aliphatic hydroxyl groups excluding tert-OH is 2. The number of hydrogen-bond acceptors (Lipinski definition) is 3. The van der Waals surface area contributed by atoms with Crippen LogP contribution >= 0.6 is 0 Å². The lowest BCUT2D eigenvalue weighted by atomic mass is 10.1. The Morgan fingerprint density at radius 2 is 2.00 bits per heavy atom. The molecular formula is C5H10O3. The van der Waals surface area contributed by atoms with E-state index in [1.54, 1.807) is 0 Å². The highest BCUT2D eigenvalue weighted by Gasteiger charge is 2.31. The molecule has 0 aliphatic carbocycles. The van der Waals surface area contributed by atoms with E-state index in [0.29, 0.717) is 6.61 Å². The van der Waals surface area contributed by atoms with Crippen molar-refractivity contribution in [2.75, 3.05) is 19.8 Å². The first-order chi connectivity index (χ1) is 3.88. The average molecular weight is 118 g/mol. The van der Waals surface area contributed by atoms with Crippen molar-refractivity contribution in [3.05, 3.63) is 0 Å². The lowest BCUT2D eigenvalue weighted by molar-refractivity contribution is 0.126. The summed E-state index contributed by atoms with van der Waals surface area (Å²) in [5.41, 5.74) is 0. The molecule has 1 aliphatic heterocycles. The summed E-state index contributed by atoms with van der Waals surface area (Å²) in [6.07, 6.45) is 0.130. The summed E-state index contributed by atoms with van der Waals surface area (Å²) in [4.78, 5) is 0. The fourth-order valence-electron chi connectivity index (χ4n) is 0.621. The molecule has 1 heterocycles. The molecule has 1 saturated heterocycles. The minimum atomic E-state index is -0.0463. The van der Waals surface area contributed by atoms with Crippen LogP contribution in [0.15, 0.2) is 0 Å². The first kappa shape index (κ1) is 6.01. The Morgan fingerprint density at radius 1 is 1.50 bits per heavy atom. The van der Waals surface area contributed by atoms with Crippen LogP contribution < -0.4 is 0 Å². The topological polar surface area (TPSA) is 53.0 Å². The van der Waals surface area contributed by atoms with Gasteiger partial charge in [0.1, 0.15) is 0 Å². The van der Waals surface area contributed by atoms with Gasteiger partial charge in [-0.3, -0.25) is 0 Å². The molecule has 0 aromatic heterocycles. The minimum Gasteiger partial charge on any atom is -0.396 e. The van der Waals surface area contributed by atoms with E-state index in [9.17, 15) is 0 Å². The molecule has 0 bridgehead atoms. The van der Waals surface area contributed by atoms with Crippen LogP contribution in [-0.2, 0) is 4.74 Å². The summed E-state index contributed by atoms with van der Waals surface area (Å²) in [7, 11) is 0. The van der Waals surface area contributed by atoms with E-state index in [4.69, 9.17) is 14.9 Å². The molecule has 2 N–H and O–H groups in total. The van der Waals surface area contributed by atoms with E-state index in [2.05, 4.69) is 0 Å². The Labute approximate surface area is 47.9 Å². The highest BCUT2D eigenvalue weighted by molar-refractivity contribution is 4.77. The molecule has 1 unspecified atom stereocenters. The van der Waals surface area contributed by atoms with Gasteiger partial charge in [0.05, 0.1) is 25.9 Å². The van der Waals surface area contributed by atoms with Crippen LogP contribution in [0.2, 0.25) is 0 Å². The fourth-order valence-corrected chi connectivity index (χ4v) is 0.621. The predicted octanol–water partition coefficient (Wildman–Crippen LogP) is -1.01. The number of epoxide rings is 1. The zero-order chi connectivity index (χ0) is 5.98. The SMILES string of the molecule is OCC(CO)C1CO1. The van der Waals surface area contributed by atoms with Gasteiger partial charge in [-0.2, -0.15) is 0 Å². The molecule has 1 rings (SSSR count). The van der Waals surface area contributed by atoms with Gasteiger partial charge in [0.25, 0.3) is 0 Å². The highest BCUT2D eigenvalue weighted by Crippen LogP contribution is 2.18. The molecule has 0 spiro atoms.